The van der Waals surface area contributed by atoms with Crippen LogP contribution in [0.4, 0.5) is 0 Å². The maximum Gasteiger partial charge on any atom is 0.297 e. The van der Waals surface area contributed by atoms with E-state index in [4.69, 9.17) is 0 Å². The van der Waals surface area contributed by atoms with E-state index in [1.165, 1.54) is 11.3 Å². The molecule has 1 atom stereocenters. The van der Waals surface area contributed by atoms with Crippen LogP contribution in [0, 0.1) is 0 Å². The summed E-state index contributed by atoms with van der Waals surface area (Å²) < 4.78 is 20.0. The van der Waals surface area contributed by atoms with E-state index in [-0.39, 0.29) is 10.9 Å². The standard InChI is InChI=1S/C11H18N2O2S2Si/c1-11(2,3)18(4,5)13-17(15)8-6-7-16-9(8)10(14)12-17/h6-7H,1-5H3,(H,12,13,14,15). The van der Waals surface area contributed by atoms with Crippen molar-refractivity contribution in [2.45, 2.75) is 43.8 Å². The van der Waals surface area contributed by atoms with Crippen molar-refractivity contribution in [2.75, 3.05) is 0 Å². The van der Waals surface area contributed by atoms with Crippen LogP contribution < -0.4 is 4.39 Å². The molecule has 100 valence electrons. The predicted octanol–water partition coefficient (Wildman–Crippen LogP) is 3.24. The summed E-state index contributed by atoms with van der Waals surface area (Å²) in [5, 5.41) is 1.83. The van der Waals surface area contributed by atoms with E-state index in [9.17, 15) is 9.00 Å². The molecule has 0 aromatic carbocycles. The summed E-state index contributed by atoms with van der Waals surface area (Å²) in [4.78, 5) is 12.8. The molecule has 1 aliphatic heterocycles. The van der Waals surface area contributed by atoms with Crippen molar-refractivity contribution < 1.29 is 9.00 Å². The number of carbonyl (C=O) groups is 1. The second-order valence-electron chi connectivity index (χ2n) is 6.01. The van der Waals surface area contributed by atoms with Crippen LogP contribution in [-0.4, -0.2) is 18.4 Å². The molecule has 7 heteroatoms. The van der Waals surface area contributed by atoms with Gasteiger partial charge in [0.2, 0.25) is 0 Å². The van der Waals surface area contributed by atoms with E-state index in [0.717, 1.165) is 0 Å². The third-order valence-electron chi connectivity index (χ3n) is 3.60. The number of thiophene rings is 1. The van der Waals surface area contributed by atoms with Crippen molar-refractivity contribution >= 4 is 35.4 Å². The smallest absolute Gasteiger partial charge is 0.265 e. The second-order valence-corrected chi connectivity index (χ2v) is 14.2. The first-order valence-electron chi connectivity index (χ1n) is 5.75. The van der Waals surface area contributed by atoms with Crippen LogP contribution in [0.2, 0.25) is 18.1 Å². The van der Waals surface area contributed by atoms with E-state index in [1.54, 1.807) is 11.4 Å². The van der Waals surface area contributed by atoms with Gasteiger partial charge in [-0.15, -0.1) is 15.7 Å². The summed E-state index contributed by atoms with van der Waals surface area (Å²) in [7, 11) is -4.74. The monoisotopic (exact) mass is 302 g/mol. The highest BCUT2D eigenvalue weighted by atomic mass is 32.2. The Balaban J connectivity index is 2.46. The van der Waals surface area contributed by atoms with Gasteiger partial charge in [0.25, 0.3) is 5.91 Å². The number of hydrogen-bond acceptors (Lipinski definition) is 3. The Morgan fingerprint density at radius 1 is 1.39 bits per heavy atom. The Hall–Kier alpha value is -0.503. The molecule has 1 aromatic heterocycles. The Morgan fingerprint density at radius 2 is 2.00 bits per heavy atom. The van der Waals surface area contributed by atoms with Gasteiger partial charge in [0, 0.05) is 0 Å². The molecule has 2 rings (SSSR count). The number of fused-ring (bicyclic) bond motifs is 1. The van der Waals surface area contributed by atoms with Crippen molar-refractivity contribution in [3.8, 4) is 0 Å². The van der Waals surface area contributed by atoms with Crippen molar-refractivity contribution in [1.82, 2.24) is 4.39 Å². The van der Waals surface area contributed by atoms with Crippen LogP contribution in [0.3, 0.4) is 0 Å². The van der Waals surface area contributed by atoms with Crippen LogP contribution in [-0.2, 0) is 9.92 Å². The number of carbonyl (C=O) groups excluding carboxylic acids is 1. The zero-order valence-electron chi connectivity index (χ0n) is 11.2. The van der Waals surface area contributed by atoms with Gasteiger partial charge in [0.15, 0.2) is 0 Å². The van der Waals surface area contributed by atoms with Crippen LogP contribution in [0.5, 0.6) is 0 Å². The average molecular weight is 302 g/mol. The molecule has 0 radical (unpaired) electrons. The summed E-state index contributed by atoms with van der Waals surface area (Å²) >= 11 is 1.31. The quantitative estimate of drug-likeness (QED) is 0.853. The van der Waals surface area contributed by atoms with Crippen molar-refractivity contribution in [2.24, 2.45) is 4.36 Å². The molecule has 1 aromatic rings. The summed E-state index contributed by atoms with van der Waals surface area (Å²) in [6.45, 7) is 10.6. The lowest BCUT2D eigenvalue weighted by molar-refractivity contribution is 0.101. The molecule has 1 amide bonds. The fraction of sp³-hybridized carbons (Fsp3) is 0.545. The molecule has 1 N–H and O–H groups in total. The van der Waals surface area contributed by atoms with Gasteiger partial charge in [0.05, 0.1) is 4.90 Å². The molecule has 1 aliphatic rings. The summed E-state index contributed by atoms with van der Waals surface area (Å²) in [6, 6.07) is 1.75. The van der Waals surface area contributed by atoms with E-state index >= 15 is 0 Å². The molecular formula is C11H18N2O2S2Si. The summed E-state index contributed by atoms with van der Waals surface area (Å²) in [5.74, 6) is -0.351. The fourth-order valence-corrected chi connectivity index (χ4v) is 8.38. The van der Waals surface area contributed by atoms with Gasteiger partial charge in [-0.25, -0.2) is 8.60 Å². The Morgan fingerprint density at radius 3 is 2.56 bits per heavy atom. The zero-order valence-corrected chi connectivity index (χ0v) is 13.9. The highest BCUT2D eigenvalue weighted by molar-refractivity contribution is 7.94. The average Bonchev–Trinajstić information content (AvgIpc) is 2.69. The first-order chi connectivity index (χ1) is 8.07. The molecule has 0 aliphatic carbocycles. The van der Waals surface area contributed by atoms with Crippen LogP contribution in [0.15, 0.2) is 20.7 Å². The number of nitrogens with zero attached hydrogens (tertiary/aromatic N) is 1. The lowest BCUT2D eigenvalue weighted by atomic mass is 10.2. The molecule has 18 heavy (non-hydrogen) atoms. The predicted molar refractivity (Wildman–Crippen MR) is 77.8 cm³/mol. The van der Waals surface area contributed by atoms with Gasteiger partial charge in [-0.1, -0.05) is 33.9 Å². The van der Waals surface area contributed by atoms with E-state index in [1.807, 2.05) is 0 Å². The minimum absolute atomic E-state index is 0.0365. The molecule has 4 nitrogen and oxygen atoms in total. The van der Waals surface area contributed by atoms with Gasteiger partial charge in [-0.3, -0.25) is 4.79 Å². The normalized spacial score (nSPS) is 23.9. The Kier molecular flexibility index (Phi) is 3.09. The number of nitrogens with one attached hydrogen (secondary N) is 1. The molecule has 0 saturated heterocycles. The second kappa shape index (κ2) is 3.99. The molecular weight excluding hydrogens is 284 g/mol. The molecule has 0 bridgehead atoms. The highest BCUT2D eigenvalue weighted by Crippen LogP contribution is 2.37. The summed E-state index contributed by atoms with van der Waals surface area (Å²) in [6.07, 6.45) is 0. The lowest BCUT2D eigenvalue weighted by Crippen LogP contribution is -2.54. The fourth-order valence-electron chi connectivity index (χ4n) is 1.46. The van der Waals surface area contributed by atoms with E-state index < -0.39 is 18.2 Å². The van der Waals surface area contributed by atoms with Crippen LogP contribution in [0.25, 0.3) is 0 Å². The molecule has 0 fully saturated rings. The van der Waals surface area contributed by atoms with Gasteiger partial charge in [0.1, 0.15) is 23.0 Å². The maximum atomic E-state index is 12.9. The minimum Gasteiger partial charge on any atom is -0.265 e. The highest BCUT2D eigenvalue weighted by Gasteiger charge is 2.41. The first kappa shape index (κ1) is 13.9. The molecule has 0 spiro atoms. The zero-order chi connectivity index (χ0) is 13.8. The van der Waals surface area contributed by atoms with Crippen molar-refractivity contribution in [3.05, 3.63) is 16.3 Å². The Bertz CT molecular complexity index is 619. The first-order valence-corrected chi connectivity index (χ1v) is 11.1. The number of rotatable bonds is 2. The van der Waals surface area contributed by atoms with Gasteiger partial charge in [-0.05, 0) is 16.5 Å². The largest absolute Gasteiger partial charge is 0.297 e. The van der Waals surface area contributed by atoms with E-state index in [2.05, 4.69) is 42.6 Å². The topological polar surface area (TPSA) is 58.5 Å². The number of amides is 1. The van der Waals surface area contributed by atoms with Crippen molar-refractivity contribution in [1.29, 1.82) is 0 Å². The van der Waals surface area contributed by atoms with Gasteiger partial charge < -0.3 is 0 Å². The van der Waals surface area contributed by atoms with Crippen molar-refractivity contribution in [3.63, 3.8) is 0 Å². The third-order valence-corrected chi connectivity index (χ3v) is 12.9. The summed E-state index contributed by atoms with van der Waals surface area (Å²) in [5.41, 5.74) is 0. The Labute approximate surface area is 113 Å². The SMILES string of the molecule is CC(C)(C)[Si](C)(C)NS1(=O)=NC(=O)c2sccc21. The van der Waals surface area contributed by atoms with E-state index in [0.29, 0.717) is 9.77 Å². The lowest BCUT2D eigenvalue weighted by Gasteiger charge is -2.37. The maximum absolute atomic E-state index is 12.9. The van der Waals surface area contributed by atoms with Gasteiger partial charge >= 0.3 is 0 Å². The third kappa shape index (κ3) is 2.09. The molecule has 0 saturated carbocycles. The van der Waals surface area contributed by atoms with Crippen LogP contribution in [0.1, 0.15) is 30.4 Å². The minimum atomic E-state index is -2.76. The number of hydrogen-bond donors (Lipinski definition) is 1. The van der Waals surface area contributed by atoms with Crippen LogP contribution >= 0.6 is 11.3 Å². The van der Waals surface area contributed by atoms with Gasteiger partial charge in [-0.2, -0.15) is 0 Å². The molecule has 2 heterocycles. The molecule has 1 unspecified atom stereocenters.